The third kappa shape index (κ3) is 3.23. The van der Waals surface area contributed by atoms with Crippen molar-refractivity contribution in [3.8, 4) is 11.5 Å². The van der Waals surface area contributed by atoms with E-state index in [0.717, 1.165) is 9.32 Å². The maximum Gasteiger partial charge on any atom is 0.249 e. The predicted molar refractivity (Wildman–Crippen MR) is 81.9 cm³/mol. The monoisotopic (exact) mass is 417 g/mol. The quantitative estimate of drug-likeness (QED) is 0.769. The number of halogens is 2. The summed E-state index contributed by atoms with van der Waals surface area (Å²) in [6.45, 7) is 0. The molecule has 0 saturated heterocycles. The molecule has 2 aromatic carbocycles. The van der Waals surface area contributed by atoms with Gasteiger partial charge in [-0.15, -0.1) is 0 Å². The van der Waals surface area contributed by atoms with Gasteiger partial charge in [-0.25, -0.2) is 0 Å². The van der Waals surface area contributed by atoms with E-state index >= 15 is 0 Å². The average Bonchev–Trinajstić information content (AvgIpc) is 2.28. The molecule has 0 saturated carbocycles. The molecule has 0 aliphatic heterocycles. The lowest BCUT2D eigenvalue weighted by Gasteiger charge is -2.07. The summed E-state index contributed by atoms with van der Waals surface area (Å²) in [7, 11) is 0. The molecule has 0 atom stereocenters. The second kappa shape index (κ2) is 5.71. The van der Waals surface area contributed by atoms with Gasteiger partial charge in [-0.3, -0.25) is 4.79 Å². The third-order valence-electron chi connectivity index (χ3n) is 2.24. The zero-order valence-electron chi connectivity index (χ0n) is 9.19. The van der Waals surface area contributed by atoms with Gasteiger partial charge in [-0.1, -0.05) is 6.07 Å². The molecule has 18 heavy (non-hydrogen) atoms. The molecule has 0 heterocycles. The number of nitrogens with two attached hydrogens (primary N) is 1. The van der Waals surface area contributed by atoms with Gasteiger partial charge in [0.05, 0.1) is 5.56 Å². The van der Waals surface area contributed by atoms with E-state index in [4.69, 9.17) is 10.5 Å². The highest BCUT2D eigenvalue weighted by molar-refractivity contribution is 14.1. The SMILES string of the molecule is NC(=O)c1ccc(Oc2cccc(I)c2)cc1Br. The van der Waals surface area contributed by atoms with Crippen LogP contribution in [-0.2, 0) is 0 Å². The number of carbonyl (C=O) groups is 1. The molecule has 0 unspecified atom stereocenters. The zero-order chi connectivity index (χ0) is 13.1. The molecular formula is C13H9BrINO2. The van der Waals surface area contributed by atoms with Crippen LogP contribution in [0.15, 0.2) is 46.9 Å². The maximum absolute atomic E-state index is 11.1. The Morgan fingerprint density at radius 1 is 1.17 bits per heavy atom. The first-order valence-electron chi connectivity index (χ1n) is 5.09. The van der Waals surface area contributed by atoms with Crippen LogP contribution in [-0.4, -0.2) is 5.91 Å². The van der Waals surface area contributed by atoms with Crippen molar-refractivity contribution in [3.63, 3.8) is 0 Å². The van der Waals surface area contributed by atoms with Crippen molar-refractivity contribution >= 4 is 44.4 Å². The minimum Gasteiger partial charge on any atom is -0.457 e. The minimum atomic E-state index is -0.470. The van der Waals surface area contributed by atoms with Crippen LogP contribution in [0.5, 0.6) is 11.5 Å². The topological polar surface area (TPSA) is 52.3 Å². The Balaban J connectivity index is 2.25. The van der Waals surface area contributed by atoms with Gasteiger partial charge in [-0.2, -0.15) is 0 Å². The summed E-state index contributed by atoms with van der Waals surface area (Å²) in [5, 5.41) is 0. The second-order valence-corrected chi connectivity index (χ2v) is 5.67. The molecule has 2 rings (SSSR count). The first kappa shape index (κ1) is 13.4. The number of rotatable bonds is 3. The molecule has 2 aromatic rings. The van der Waals surface area contributed by atoms with Gasteiger partial charge in [0.15, 0.2) is 0 Å². The summed E-state index contributed by atoms with van der Waals surface area (Å²) < 4.78 is 7.41. The molecule has 3 nitrogen and oxygen atoms in total. The number of hydrogen-bond donors (Lipinski definition) is 1. The lowest BCUT2D eigenvalue weighted by Crippen LogP contribution is -2.11. The molecule has 0 bridgehead atoms. The summed E-state index contributed by atoms with van der Waals surface area (Å²) in [6, 6.07) is 12.8. The molecular weight excluding hydrogens is 409 g/mol. The summed E-state index contributed by atoms with van der Waals surface area (Å²) >= 11 is 5.51. The van der Waals surface area contributed by atoms with E-state index in [1.165, 1.54) is 0 Å². The van der Waals surface area contributed by atoms with E-state index in [2.05, 4.69) is 38.5 Å². The highest BCUT2D eigenvalue weighted by Gasteiger charge is 2.07. The standard InChI is InChI=1S/C13H9BrINO2/c14-12-7-10(4-5-11(12)13(16)17)18-9-3-1-2-8(15)6-9/h1-7H,(H2,16,17). The van der Waals surface area contributed by atoms with Crippen molar-refractivity contribution in [1.82, 2.24) is 0 Å². The van der Waals surface area contributed by atoms with E-state index in [1.54, 1.807) is 18.2 Å². The molecule has 2 N–H and O–H groups in total. The summed E-state index contributed by atoms with van der Waals surface area (Å²) in [5.74, 6) is 0.928. The number of hydrogen-bond acceptors (Lipinski definition) is 2. The van der Waals surface area contributed by atoms with Crippen LogP contribution < -0.4 is 10.5 Å². The van der Waals surface area contributed by atoms with Gasteiger partial charge >= 0.3 is 0 Å². The van der Waals surface area contributed by atoms with Gasteiger partial charge in [0.25, 0.3) is 0 Å². The van der Waals surface area contributed by atoms with Gasteiger partial charge in [0.1, 0.15) is 11.5 Å². The number of primary amides is 1. The highest BCUT2D eigenvalue weighted by atomic mass is 127. The van der Waals surface area contributed by atoms with Gasteiger partial charge in [0, 0.05) is 8.04 Å². The molecule has 0 spiro atoms. The first-order valence-corrected chi connectivity index (χ1v) is 6.96. The predicted octanol–water partition coefficient (Wildman–Crippen LogP) is 3.94. The Kier molecular flexibility index (Phi) is 4.23. The lowest BCUT2D eigenvalue weighted by atomic mass is 10.2. The fourth-order valence-corrected chi connectivity index (χ4v) is 2.49. The Hall–Kier alpha value is -1.08. The maximum atomic E-state index is 11.1. The van der Waals surface area contributed by atoms with Crippen molar-refractivity contribution in [1.29, 1.82) is 0 Å². The lowest BCUT2D eigenvalue weighted by molar-refractivity contribution is 0.0999. The number of amides is 1. The van der Waals surface area contributed by atoms with Crippen molar-refractivity contribution in [2.45, 2.75) is 0 Å². The van der Waals surface area contributed by atoms with Crippen LogP contribution in [0.2, 0.25) is 0 Å². The fourth-order valence-electron chi connectivity index (χ4n) is 1.43. The first-order chi connectivity index (χ1) is 8.56. The van der Waals surface area contributed by atoms with E-state index in [0.29, 0.717) is 15.8 Å². The number of ether oxygens (including phenoxy) is 1. The Labute approximate surface area is 127 Å². The average molecular weight is 418 g/mol. The number of benzene rings is 2. The third-order valence-corrected chi connectivity index (χ3v) is 3.56. The molecule has 5 heteroatoms. The smallest absolute Gasteiger partial charge is 0.249 e. The molecule has 0 aromatic heterocycles. The van der Waals surface area contributed by atoms with Gasteiger partial charge in [-0.05, 0) is 74.9 Å². The minimum absolute atomic E-state index is 0.435. The normalized spacial score (nSPS) is 10.1. The van der Waals surface area contributed by atoms with Crippen LogP contribution in [0.25, 0.3) is 0 Å². The van der Waals surface area contributed by atoms with Crippen LogP contribution in [0, 0.1) is 3.57 Å². The Morgan fingerprint density at radius 2 is 1.89 bits per heavy atom. The molecule has 0 fully saturated rings. The van der Waals surface area contributed by atoms with Crippen molar-refractivity contribution in [3.05, 3.63) is 56.1 Å². The Morgan fingerprint density at radius 3 is 2.50 bits per heavy atom. The second-order valence-electron chi connectivity index (χ2n) is 3.57. The van der Waals surface area contributed by atoms with E-state index in [9.17, 15) is 4.79 Å². The molecule has 92 valence electrons. The Bertz CT molecular complexity index is 601. The highest BCUT2D eigenvalue weighted by Crippen LogP contribution is 2.27. The summed E-state index contributed by atoms with van der Waals surface area (Å²) in [6.07, 6.45) is 0. The van der Waals surface area contributed by atoms with E-state index in [1.807, 2.05) is 24.3 Å². The van der Waals surface area contributed by atoms with Crippen molar-refractivity contribution in [2.75, 3.05) is 0 Å². The summed E-state index contributed by atoms with van der Waals surface area (Å²) in [5.41, 5.74) is 5.66. The van der Waals surface area contributed by atoms with Crippen molar-refractivity contribution in [2.24, 2.45) is 5.73 Å². The molecule has 1 amide bonds. The van der Waals surface area contributed by atoms with Crippen LogP contribution >= 0.6 is 38.5 Å². The summed E-state index contributed by atoms with van der Waals surface area (Å²) in [4.78, 5) is 11.1. The largest absolute Gasteiger partial charge is 0.457 e. The van der Waals surface area contributed by atoms with Gasteiger partial charge < -0.3 is 10.5 Å². The van der Waals surface area contributed by atoms with Crippen LogP contribution in [0.1, 0.15) is 10.4 Å². The fraction of sp³-hybridized carbons (Fsp3) is 0. The number of carbonyl (C=O) groups excluding carboxylic acids is 1. The molecule has 0 aliphatic carbocycles. The molecule has 0 radical (unpaired) electrons. The zero-order valence-corrected chi connectivity index (χ0v) is 12.9. The molecule has 0 aliphatic rings. The van der Waals surface area contributed by atoms with Crippen LogP contribution in [0.4, 0.5) is 0 Å². The van der Waals surface area contributed by atoms with Crippen LogP contribution in [0.3, 0.4) is 0 Å². The van der Waals surface area contributed by atoms with E-state index < -0.39 is 5.91 Å². The van der Waals surface area contributed by atoms with Gasteiger partial charge in [0.2, 0.25) is 5.91 Å². The van der Waals surface area contributed by atoms with Crippen molar-refractivity contribution < 1.29 is 9.53 Å². The van der Waals surface area contributed by atoms with E-state index in [-0.39, 0.29) is 0 Å².